The van der Waals surface area contributed by atoms with Crippen LogP contribution in [0.1, 0.15) is 10.4 Å². The number of hydrogen-bond acceptors (Lipinski definition) is 2. The minimum atomic E-state index is -1.03. The van der Waals surface area contributed by atoms with Crippen LogP contribution in [0, 0.1) is 0 Å². The number of hydrogen-bond donors (Lipinski definition) is 2. The van der Waals surface area contributed by atoms with E-state index in [1.165, 1.54) is 24.3 Å². The summed E-state index contributed by atoms with van der Waals surface area (Å²) in [6.07, 6.45) is 0. The molecule has 0 aliphatic rings. The van der Waals surface area contributed by atoms with Gasteiger partial charge in [0.05, 0.1) is 5.56 Å². The van der Waals surface area contributed by atoms with Gasteiger partial charge in [0.2, 0.25) is 0 Å². The number of carbonyl (C=O) groups is 1. The first-order chi connectivity index (χ1) is 4.70. The SMILES string of the molecule is O=C(O)c1cccc(O)c1.[LiH].[LiH]. The molecule has 1 aromatic carbocycles. The molecule has 5 heteroatoms. The average Bonchev–Trinajstić information content (AvgIpc) is 1.88. The normalized spacial score (nSPS) is 7.67. The Labute approximate surface area is 94.1 Å². The Kier molecular flexibility index (Phi) is 7.38. The molecule has 0 heterocycles. The summed E-state index contributed by atoms with van der Waals surface area (Å²) in [5.74, 6) is -1.06. The van der Waals surface area contributed by atoms with Crippen LogP contribution in [0.2, 0.25) is 0 Å². The summed E-state index contributed by atoms with van der Waals surface area (Å²) in [6, 6.07) is 5.52. The van der Waals surface area contributed by atoms with Crippen molar-refractivity contribution in [1.29, 1.82) is 0 Å². The molecule has 0 spiro atoms. The second-order valence-corrected chi connectivity index (χ2v) is 1.86. The van der Waals surface area contributed by atoms with Gasteiger partial charge in [0, 0.05) is 0 Å². The molecule has 56 valence electrons. The van der Waals surface area contributed by atoms with E-state index in [1.54, 1.807) is 0 Å². The second kappa shape index (κ2) is 6.23. The van der Waals surface area contributed by atoms with Gasteiger partial charge in [-0.05, 0) is 18.2 Å². The fourth-order valence-electron chi connectivity index (χ4n) is 0.639. The predicted molar refractivity (Wildman–Crippen MR) is 49.4 cm³/mol. The number of aromatic carboxylic acids is 1. The summed E-state index contributed by atoms with van der Waals surface area (Å²) in [7, 11) is 0. The van der Waals surface area contributed by atoms with E-state index in [9.17, 15) is 4.79 Å². The van der Waals surface area contributed by atoms with Crippen LogP contribution >= 0.6 is 0 Å². The van der Waals surface area contributed by atoms with Crippen molar-refractivity contribution in [3.05, 3.63) is 29.8 Å². The standard InChI is InChI=1S/C7H6O3.2Li.2H/c8-6-3-1-2-5(4-6)7(9)10;;;;/h1-4,8H,(H,9,10);;;;. The van der Waals surface area contributed by atoms with Crippen molar-refractivity contribution in [2.75, 3.05) is 0 Å². The molecule has 0 saturated heterocycles. The van der Waals surface area contributed by atoms with Crippen molar-refractivity contribution in [2.45, 2.75) is 0 Å². The molecule has 1 aromatic rings. The van der Waals surface area contributed by atoms with Crippen LogP contribution in [0.3, 0.4) is 0 Å². The number of benzene rings is 1. The van der Waals surface area contributed by atoms with E-state index in [0.717, 1.165) is 0 Å². The Morgan fingerprint density at radius 1 is 1.25 bits per heavy atom. The van der Waals surface area contributed by atoms with E-state index in [0.29, 0.717) is 0 Å². The first-order valence-electron chi connectivity index (χ1n) is 2.72. The van der Waals surface area contributed by atoms with Crippen molar-refractivity contribution in [2.24, 2.45) is 0 Å². The summed E-state index contributed by atoms with van der Waals surface area (Å²) < 4.78 is 0. The van der Waals surface area contributed by atoms with Gasteiger partial charge in [0.15, 0.2) is 0 Å². The van der Waals surface area contributed by atoms with Crippen LogP contribution < -0.4 is 0 Å². The summed E-state index contributed by atoms with van der Waals surface area (Å²) in [5, 5.41) is 17.2. The second-order valence-electron chi connectivity index (χ2n) is 1.86. The molecule has 1 rings (SSSR count). The fourth-order valence-corrected chi connectivity index (χ4v) is 0.639. The third-order valence-corrected chi connectivity index (χ3v) is 1.09. The molecule has 0 atom stereocenters. The van der Waals surface area contributed by atoms with Gasteiger partial charge in [-0.15, -0.1) is 0 Å². The molecule has 2 N–H and O–H groups in total. The van der Waals surface area contributed by atoms with Crippen molar-refractivity contribution in [1.82, 2.24) is 0 Å². The number of phenolic OH excluding ortho intramolecular Hbond substituents is 1. The third-order valence-electron chi connectivity index (χ3n) is 1.09. The van der Waals surface area contributed by atoms with Crippen LogP contribution in [-0.4, -0.2) is 53.9 Å². The van der Waals surface area contributed by atoms with E-state index in [1.807, 2.05) is 0 Å². The average molecular weight is 154 g/mol. The first kappa shape index (κ1) is 14.2. The number of phenols is 1. The first-order valence-corrected chi connectivity index (χ1v) is 2.72. The van der Waals surface area contributed by atoms with Crippen molar-refractivity contribution in [3.8, 4) is 5.75 Å². The Bertz CT molecular complexity index is 263. The minimum absolute atomic E-state index is 0. The summed E-state index contributed by atoms with van der Waals surface area (Å²) >= 11 is 0. The van der Waals surface area contributed by atoms with Gasteiger partial charge in [-0.1, -0.05) is 6.07 Å². The zero-order valence-corrected chi connectivity index (χ0v) is 5.11. The summed E-state index contributed by atoms with van der Waals surface area (Å²) in [5.41, 5.74) is 0.0972. The molecule has 0 bridgehead atoms. The summed E-state index contributed by atoms with van der Waals surface area (Å²) in [6.45, 7) is 0. The van der Waals surface area contributed by atoms with Gasteiger partial charge < -0.3 is 10.2 Å². The molecule has 0 fully saturated rings. The Hall–Kier alpha value is -0.315. The molecule has 12 heavy (non-hydrogen) atoms. The topological polar surface area (TPSA) is 57.5 Å². The molecule has 0 saturated carbocycles. The number of aromatic hydroxyl groups is 1. The molecule has 0 aliphatic heterocycles. The Morgan fingerprint density at radius 2 is 1.83 bits per heavy atom. The maximum atomic E-state index is 10.2. The van der Waals surface area contributed by atoms with E-state index in [-0.39, 0.29) is 49.0 Å². The monoisotopic (exact) mass is 154 g/mol. The third kappa shape index (κ3) is 3.90. The quantitative estimate of drug-likeness (QED) is 0.550. The zero-order valence-electron chi connectivity index (χ0n) is 5.11. The van der Waals surface area contributed by atoms with E-state index < -0.39 is 5.97 Å². The molecular formula is C7H8Li2O3. The van der Waals surface area contributed by atoms with Gasteiger partial charge in [-0.25, -0.2) is 4.79 Å². The van der Waals surface area contributed by atoms with E-state index in [2.05, 4.69) is 0 Å². The molecule has 0 unspecified atom stereocenters. The van der Waals surface area contributed by atoms with E-state index >= 15 is 0 Å². The number of carboxylic acid groups (broad SMARTS) is 1. The number of carboxylic acids is 1. The van der Waals surface area contributed by atoms with Crippen molar-refractivity contribution < 1.29 is 15.0 Å². The molecule has 0 radical (unpaired) electrons. The van der Waals surface area contributed by atoms with Gasteiger partial charge in [0.25, 0.3) is 0 Å². The van der Waals surface area contributed by atoms with Crippen molar-refractivity contribution in [3.63, 3.8) is 0 Å². The molecule has 0 aliphatic carbocycles. The molecule has 0 aromatic heterocycles. The molecule has 3 nitrogen and oxygen atoms in total. The summed E-state index contributed by atoms with van der Waals surface area (Å²) in [4.78, 5) is 10.2. The van der Waals surface area contributed by atoms with Crippen LogP contribution in [0.15, 0.2) is 24.3 Å². The fraction of sp³-hybridized carbons (Fsp3) is 0. The molecule has 0 amide bonds. The van der Waals surface area contributed by atoms with Gasteiger partial charge in [0.1, 0.15) is 5.75 Å². The van der Waals surface area contributed by atoms with Gasteiger partial charge in [-0.3, -0.25) is 0 Å². The number of rotatable bonds is 1. The van der Waals surface area contributed by atoms with Gasteiger partial charge >= 0.3 is 43.7 Å². The molecular weight excluding hydrogens is 146 g/mol. The Balaban J connectivity index is 0. The van der Waals surface area contributed by atoms with Gasteiger partial charge in [-0.2, -0.15) is 0 Å². The van der Waals surface area contributed by atoms with Crippen LogP contribution in [0.4, 0.5) is 0 Å². The van der Waals surface area contributed by atoms with Crippen LogP contribution in [-0.2, 0) is 0 Å². The maximum absolute atomic E-state index is 10.2. The van der Waals surface area contributed by atoms with Crippen LogP contribution in [0.5, 0.6) is 5.75 Å². The predicted octanol–water partition coefficient (Wildman–Crippen LogP) is -0.207. The Morgan fingerprint density at radius 3 is 2.17 bits per heavy atom. The zero-order chi connectivity index (χ0) is 7.56. The van der Waals surface area contributed by atoms with Crippen molar-refractivity contribution >= 4 is 43.7 Å². The van der Waals surface area contributed by atoms with Crippen LogP contribution in [0.25, 0.3) is 0 Å². The van der Waals surface area contributed by atoms with E-state index in [4.69, 9.17) is 10.2 Å².